The van der Waals surface area contributed by atoms with E-state index in [0.717, 1.165) is 24.1 Å². The van der Waals surface area contributed by atoms with Crippen molar-refractivity contribution in [2.45, 2.75) is 123 Å². The van der Waals surface area contributed by atoms with E-state index in [2.05, 4.69) is 32.2 Å². The number of hydrogen-bond donors (Lipinski definition) is 1. The van der Waals surface area contributed by atoms with Crippen LogP contribution in [0.1, 0.15) is 117 Å². The van der Waals surface area contributed by atoms with Crippen LogP contribution in [0.25, 0.3) is 0 Å². The van der Waals surface area contributed by atoms with E-state index >= 15 is 0 Å². The van der Waals surface area contributed by atoms with Crippen LogP contribution in [0.5, 0.6) is 0 Å². The number of likely N-dealkylation sites (N-methyl/N-ethyl adjacent to an activating group) is 1. The summed E-state index contributed by atoms with van der Waals surface area (Å²) < 4.78 is 0.975. The van der Waals surface area contributed by atoms with Crippen LogP contribution in [-0.2, 0) is 0 Å². The molecule has 3 nitrogen and oxygen atoms in total. The molecule has 0 spiro atoms. The van der Waals surface area contributed by atoms with Gasteiger partial charge in [0.25, 0.3) is 0 Å². The molecule has 1 N–H and O–H groups in total. The Hall–Kier alpha value is -0.670. The predicted octanol–water partition coefficient (Wildman–Crippen LogP) is 7.04. The van der Waals surface area contributed by atoms with Crippen molar-refractivity contribution >= 4 is 6.21 Å². The number of quaternary nitrogens is 1. The lowest BCUT2D eigenvalue weighted by molar-refractivity contribution is -0.936. The minimum Gasteiger partial charge on any atom is -0.391 e. The van der Waals surface area contributed by atoms with Crippen LogP contribution in [0.15, 0.2) is 17.1 Å². The first-order valence-corrected chi connectivity index (χ1v) is 12.9. The van der Waals surface area contributed by atoms with Crippen molar-refractivity contribution < 1.29 is 9.59 Å². The Morgan fingerprint density at radius 2 is 1.38 bits per heavy atom. The second-order valence-electron chi connectivity index (χ2n) is 9.06. The van der Waals surface area contributed by atoms with Gasteiger partial charge >= 0.3 is 0 Å². The smallest absolute Gasteiger partial charge is 0.182 e. The molecule has 0 amide bonds. The van der Waals surface area contributed by atoms with Crippen molar-refractivity contribution in [2.75, 3.05) is 26.2 Å². The van der Waals surface area contributed by atoms with Crippen LogP contribution >= 0.6 is 0 Å². The maximum Gasteiger partial charge on any atom is 0.182 e. The second kappa shape index (κ2) is 18.1. The SMILES string of the molecule is CCCCCCCC/C=C/CCCCCCCCCC1N=CC[N+]1(CC)CCO. The molecule has 170 valence electrons. The summed E-state index contributed by atoms with van der Waals surface area (Å²) in [5.74, 6) is 0. The van der Waals surface area contributed by atoms with E-state index in [1.54, 1.807) is 0 Å². The summed E-state index contributed by atoms with van der Waals surface area (Å²) in [6, 6.07) is 0. The van der Waals surface area contributed by atoms with Crippen LogP contribution in [0.4, 0.5) is 0 Å². The predicted molar refractivity (Wildman–Crippen MR) is 129 cm³/mol. The third kappa shape index (κ3) is 11.9. The summed E-state index contributed by atoms with van der Waals surface area (Å²) in [6.07, 6.45) is 29.0. The van der Waals surface area contributed by atoms with Gasteiger partial charge in [0.2, 0.25) is 0 Å². The highest BCUT2D eigenvalue weighted by atomic mass is 16.3. The molecule has 0 aliphatic carbocycles. The fourth-order valence-electron chi connectivity index (χ4n) is 4.63. The van der Waals surface area contributed by atoms with Crippen LogP contribution in [-0.4, -0.2) is 48.2 Å². The van der Waals surface area contributed by atoms with Gasteiger partial charge in [0, 0.05) is 6.42 Å². The maximum atomic E-state index is 9.39. The molecule has 0 aromatic heterocycles. The Morgan fingerprint density at radius 3 is 1.93 bits per heavy atom. The van der Waals surface area contributed by atoms with Gasteiger partial charge in [-0.1, -0.05) is 83.3 Å². The molecule has 0 fully saturated rings. The molecule has 1 rings (SSSR count). The Bertz CT molecular complexity index is 421. The average Bonchev–Trinajstić information content (AvgIpc) is 3.13. The summed E-state index contributed by atoms with van der Waals surface area (Å²) in [5, 5.41) is 9.39. The highest BCUT2D eigenvalue weighted by molar-refractivity contribution is 5.60. The van der Waals surface area contributed by atoms with Gasteiger partial charge in [-0.2, -0.15) is 0 Å². The van der Waals surface area contributed by atoms with Gasteiger partial charge in [-0.15, -0.1) is 0 Å². The number of rotatable bonds is 20. The van der Waals surface area contributed by atoms with Crippen molar-refractivity contribution in [1.29, 1.82) is 0 Å². The highest BCUT2D eigenvalue weighted by Crippen LogP contribution is 2.24. The van der Waals surface area contributed by atoms with Crippen molar-refractivity contribution in [3.8, 4) is 0 Å². The van der Waals surface area contributed by atoms with Gasteiger partial charge < -0.3 is 5.11 Å². The molecule has 0 bridgehead atoms. The van der Waals surface area contributed by atoms with Crippen molar-refractivity contribution in [3.63, 3.8) is 0 Å². The molecule has 2 unspecified atom stereocenters. The van der Waals surface area contributed by atoms with E-state index in [1.807, 2.05) is 0 Å². The summed E-state index contributed by atoms with van der Waals surface area (Å²) in [6.45, 7) is 7.75. The fraction of sp³-hybridized carbons (Fsp3) is 0.885. The number of allylic oxidation sites excluding steroid dienone is 2. The number of unbranched alkanes of at least 4 members (excludes halogenated alkanes) is 13. The molecule has 0 saturated heterocycles. The first kappa shape index (κ1) is 26.4. The molecule has 3 heteroatoms. The monoisotopic (exact) mass is 407 g/mol. The van der Waals surface area contributed by atoms with Gasteiger partial charge in [-0.25, -0.2) is 4.99 Å². The molecule has 1 heterocycles. The van der Waals surface area contributed by atoms with Gasteiger partial charge in [-0.05, 0) is 39.0 Å². The van der Waals surface area contributed by atoms with Crippen molar-refractivity contribution in [3.05, 3.63) is 12.2 Å². The Morgan fingerprint density at radius 1 is 0.828 bits per heavy atom. The average molecular weight is 408 g/mol. The first-order valence-electron chi connectivity index (χ1n) is 12.9. The fourth-order valence-corrected chi connectivity index (χ4v) is 4.63. The highest BCUT2D eigenvalue weighted by Gasteiger charge is 2.36. The normalized spacial score (nSPS) is 21.6. The molecule has 0 aromatic carbocycles. The Balaban J connectivity index is 1.88. The standard InChI is InChI=1S/C26H51N2O/c1-3-5-6-7-8-9-10-11-12-13-14-15-16-17-18-19-20-21-26-27-22-23-28(26,4-2)24-25-29/h11-12,22,26,29H,3-10,13-21,23-25H2,1-2H3/q+1/b12-11+. The van der Waals surface area contributed by atoms with Crippen molar-refractivity contribution in [1.82, 2.24) is 0 Å². The lowest BCUT2D eigenvalue weighted by Crippen LogP contribution is -2.53. The molecule has 1 aliphatic heterocycles. The van der Waals surface area contributed by atoms with E-state index < -0.39 is 0 Å². The van der Waals surface area contributed by atoms with Crippen LogP contribution < -0.4 is 0 Å². The van der Waals surface area contributed by atoms with Crippen LogP contribution in [0.3, 0.4) is 0 Å². The molecule has 0 saturated carbocycles. The zero-order chi connectivity index (χ0) is 21.0. The van der Waals surface area contributed by atoms with Crippen LogP contribution in [0.2, 0.25) is 0 Å². The molecule has 0 aromatic rings. The van der Waals surface area contributed by atoms with Crippen molar-refractivity contribution in [2.24, 2.45) is 4.99 Å². The van der Waals surface area contributed by atoms with E-state index in [9.17, 15) is 5.11 Å². The summed E-state index contributed by atoms with van der Waals surface area (Å²) in [4.78, 5) is 4.72. The third-order valence-electron chi connectivity index (χ3n) is 6.75. The molecule has 29 heavy (non-hydrogen) atoms. The zero-order valence-electron chi connectivity index (χ0n) is 19.8. The van der Waals surface area contributed by atoms with Gasteiger partial charge in [0.15, 0.2) is 6.17 Å². The third-order valence-corrected chi connectivity index (χ3v) is 6.75. The second-order valence-corrected chi connectivity index (χ2v) is 9.06. The van der Waals surface area contributed by atoms with E-state index in [-0.39, 0.29) is 6.61 Å². The quantitative estimate of drug-likeness (QED) is 0.131. The zero-order valence-corrected chi connectivity index (χ0v) is 19.8. The largest absolute Gasteiger partial charge is 0.391 e. The van der Waals surface area contributed by atoms with E-state index in [0.29, 0.717) is 6.17 Å². The van der Waals surface area contributed by atoms with Gasteiger partial charge in [0.05, 0.1) is 19.4 Å². The minimum absolute atomic E-state index is 0.280. The summed E-state index contributed by atoms with van der Waals surface area (Å²) in [7, 11) is 0. The minimum atomic E-state index is 0.280. The lowest BCUT2D eigenvalue weighted by Gasteiger charge is -2.37. The molecule has 1 aliphatic rings. The molecule has 0 radical (unpaired) electrons. The van der Waals surface area contributed by atoms with Gasteiger partial charge in [0.1, 0.15) is 13.1 Å². The molecule has 2 atom stereocenters. The van der Waals surface area contributed by atoms with Gasteiger partial charge in [-0.3, -0.25) is 4.48 Å². The number of aliphatic hydroxyl groups excluding tert-OH is 1. The Labute approximate surface area is 182 Å². The van der Waals surface area contributed by atoms with E-state index in [4.69, 9.17) is 4.99 Å². The molecular weight excluding hydrogens is 356 g/mol. The number of aliphatic hydroxyl groups is 1. The first-order chi connectivity index (χ1) is 14.3. The Kier molecular flexibility index (Phi) is 16.5. The van der Waals surface area contributed by atoms with E-state index in [1.165, 1.54) is 103 Å². The maximum absolute atomic E-state index is 9.39. The summed E-state index contributed by atoms with van der Waals surface area (Å²) in [5.41, 5.74) is 0. The lowest BCUT2D eigenvalue weighted by atomic mass is 10.1. The topological polar surface area (TPSA) is 32.6 Å². The number of aliphatic imine (C=N–C) groups is 1. The summed E-state index contributed by atoms with van der Waals surface area (Å²) >= 11 is 0. The number of nitrogens with zero attached hydrogens (tertiary/aromatic N) is 2. The molecular formula is C26H51N2O+. The number of hydrogen-bond acceptors (Lipinski definition) is 2. The van der Waals surface area contributed by atoms with Crippen LogP contribution in [0, 0.1) is 0 Å².